The molecule has 0 bridgehead atoms. The van der Waals surface area contributed by atoms with Crippen molar-refractivity contribution in [3.63, 3.8) is 0 Å². The van der Waals surface area contributed by atoms with Gasteiger partial charge < -0.3 is 20.7 Å². The number of halogens is 1. The molecule has 7 nitrogen and oxygen atoms in total. The lowest BCUT2D eigenvalue weighted by atomic mass is 10.2. The molecule has 0 aliphatic carbocycles. The van der Waals surface area contributed by atoms with Crippen molar-refractivity contribution < 1.29 is 9.53 Å². The van der Waals surface area contributed by atoms with Gasteiger partial charge in [0.2, 0.25) is 0 Å². The highest BCUT2D eigenvalue weighted by molar-refractivity contribution is 14.0. The van der Waals surface area contributed by atoms with Gasteiger partial charge in [0.15, 0.2) is 5.96 Å². The molecule has 0 aliphatic heterocycles. The maximum atomic E-state index is 11.9. The number of aromatic nitrogens is 1. The molecular weight excluding hydrogens is 445 g/mol. The molecule has 0 saturated carbocycles. The molecule has 1 atom stereocenters. The van der Waals surface area contributed by atoms with Crippen LogP contribution >= 0.6 is 24.0 Å². The molecule has 0 aliphatic rings. The predicted molar refractivity (Wildman–Crippen MR) is 116 cm³/mol. The van der Waals surface area contributed by atoms with Crippen molar-refractivity contribution in [3.05, 3.63) is 30.1 Å². The monoisotopic (exact) mass is 477 g/mol. The number of rotatable bonds is 7. The maximum Gasteiger partial charge on any atom is 0.410 e. The van der Waals surface area contributed by atoms with Gasteiger partial charge in [-0.25, -0.2) is 4.79 Å². The molecule has 8 heteroatoms. The van der Waals surface area contributed by atoms with Gasteiger partial charge in [-0.3, -0.25) is 9.98 Å². The fourth-order valence-corrected chi connectivity index (χ4v) is 2.11. The van der Waals surface area contributed by atoms with Crippen LogP contribution in [0, 0.1) is 5.92 Å². The number of nitrogens with two attached hydrogens (primary N) is 1. The van der Waals surface area contributed by atoms with Gasteiger partial charge in [-0.05, 0) is 38.8 Å². The summed E-state index contributed by atoms with van der Waals surface area (Å²) in [4.78, 5) is 22.1. The van der Waals surface area contributed by atoms with E-state index in [-0.39, 0.29) is 36.0 Å². The molecule has 0 spiro atoms. The number of nitrogens with zero attached hydrogens (tertiary/aromatic N) is 3. The van der Waals surface area contributed by atoms with Crippen LogP contribution in [-0.2, 0) is 11.2 Å². The second-order valence-corrected chi connectivity index (χ2v) is 7.19. The van der Waals surface area contributed by atoms with E-state index in [0.717, 1.165) is 12.1 Å². The summed E-state index contributed by atoms with van der Waals surface area (Å²) in [5, 5.41) is 3.08. The summed E-state index contributed by atoms with van der Waals surface area (Å²) in [5.41, 5.74) is 6.39. The Morgan fingerprint density at radius 2 is 2.12 bits per heavy atom. The SMILES string of the molecule is CC(CN=C(N)NCCc1ccccn1)CN(C)C(=O)OC(C)(C)C.I. The van der Waals surface area contributed by atoms with E-state index in [9.17, 15) is 4.79 Å². The van der Waals surface area contributed by atoms with Gasteiger partial charge in [-0.1, -0.05) is 13.0 Å². The first-order valence-corrected chi connectivity index (χ1v) is 8.55. The molecule has 0 aromatic carbocycles. The van der Waals surface area contributed by atoms with Crippen LogP contribution in [0.5, 0.6) is 0 Å². The second kappa shape index (κ2) is 11.9. The van der Waals surface area contributed by atoms with Crippen molar-refractivity contribution in [2.45, 2.75) is 39.7 Å². The number of guanidine groups is 1. The van der Waals surface area contributed by atoms with Crippen LogP contribution in [0.2, 0.25) is 0 Å². The third kappa shape index (κ3) is 11.1. The number of hydrogen-bond acceptors (Lipinski definition) is 4. The number of hydrogen-bond donors (Lipinski definition) is 2. The summed E-state index contributed by atoms with van der Waals surface area (Å²) < 4.78 is 5.33. The highest BCUT2D eigenvalue weighted by Crippen LogP contribution is 2.10. The molecular formula is C18H32IN5O2. The third-order valence-corrected chi connectivity index (χ3v) is 3.28. The van der Waals surface area contributed by atoms with E-state index in [4.69, 9.17) is 10.5 Å². The minimum absolute atomic E-state index is 0. The van der Waals surface area contributed by atoms with Gasteiger partial charge in [0.25, 0.3) is 0 Å². The molecule has 1 aromatic rings. The van der Waals surface area contributed by atoms with Crippen LogP contribution in [0.15, 0.2) is 29.4 Å². The molecule has 26 heavy (non-hydrogen) atoms. The Labute approximate surface area is 173 Å². The van der Waals surface area contributed by atoms with Crippen LogP contribution in [0.3, 0.4) is 0 Å². The summed E-state index contributed by atoms with van der Waals surface area (Å²) >= 11 is 0. The van der Waals surface area contributed by atoms with Gasteiger partial charge in [0.1, 0.15) is 5.60 Å². The minimum Gasteiger partial charge on any atom is -0.444 e. The highest BCUT2D eigenvalue weighted by atomic mass is 127. The third-order valence-electron chi connectivity index (χ3n) is 3.28. The predicted octanol–water partition coefficient (Wildman–Crippen LogP) is 2.65. The average Bonchev–Trinajstić information content (AvgIpc) is 2.52. The molecule has 0 saturated heterocycles. The molecule has 0 radical (unpaired) electrons. The quantitative estimate of drug-likeness (QED) is 0.358. The number of amides is 1. The number of carbonyl (C=O) groups excluding carboxylic acids is 1. The lowest BCUT2D eigenvalue weighted by molar-refractivity contribution is 0.0279. The maximum absolute atomic E-state index is 11.9. The van der Waals surface area contributed by atoms with Crippen LogP contribution in [0.4, 0.5) is 4.79 Å². The standard InChI is InChI=1S/C18H31N5O2.HI/c1-14(13-23(5)17(24)25-18(2,3)4)12-22-16(19)21-11-9-15-8-6-7-10-20-15;/h6-8,10,14H,9,11-13H2,1-5H3,(H3,19,21,22);1H. The van der Waals surface area contributed by atoms with Crippen molar-refractivity contribution in [2.24, 2.45) is 16.6 Å². The number of nitrogens with one attached hydrogen (secondary N) is 1. The number of pyridine rings is 1. The molecule has 1 amide bonds. The summed E-state index contributed by atoms with van der Waals surface area (Å²) in [6.45, 7) is 9.34. The average molecular weight is 477 g/mol. The van der Waals surface area contributed by atoms with Gasteiger partial charge in [-0.15, -0.1) is 24.0 Å². The summed E-state index contributed by atoms with van der Waals surface area (Å²) in [6.07, 6.45) is 2.23. The van der Waals surface area contributed by atoms with Crippen LogP contribution in [-0.4, -0.2) is 54.2 Å². The Morgan fingerprint density at radius 1 is 1.42 bits per heavy atom. The first kappa shape index (κ1) is 24.4. The van der Waals surface area contributed by atoms with E-state index in [1.54, 1.807) is 18.1 Å². The van der Waals surface area contributed by atoms with E-state index in [1.807, 2.05) is 45.9 Å². The van der Waals surface area contributed by atoms with Gasteiger partial charge >= 0.3 is 6.09 Å². The van der Waals surface area contributed by atoms with Crippen molar-refractivity contribution in [1.82, 2.24) is 15.2 Å². The fraction of sp³-hybridized carbons (Fsp3) is 0.611. The number of carbonyl (C=O) groups is 1. The minimum atomic E-state index is -0.491. The van der Waals surface area contributed by atoms with Gasteiger partial charge in [0.05, 0.1) is 0 Å². The normalized spacial score (nSPS) is 12.7. The topological polar surface area (TPSA) is 92.8 Å². The molecule has 3 N–H and O–H groups in total. The smallest absolute Gasteiger partial charge is 0.410 e. The molecule has 148 valence electrons. The molecule has 1 rings (SSSR count). The molecule has 1 aromatic heterocycles. The van der Waals surface area contributed by atoms with Crippen molar-refractivity contribution in [1.29, 1.82) is 0 Å². The van der Waals surface area contributed by atoms with Crippen LogP contribution in [0.25, 0.3) is 0 Å². The first-order valence-electron chi connectivity index (χ1n) is 8.55. The fourth-order valence-electron chi connectivity index (χ4n) is 2.11. The Bertz CT molecular complexity index is 560. The number of ether oxygens (including phenoxy) is 1. The molecule has 0 fully saturated rings. The second-order valence-electron chi connectivity index (χ2n) is 7.19. The van der Waals surface area contributed by atoms with Crippen molar-refractivity contribution >= 4 is 36.0 Å². The lowest BCUT2D eigenvalue weighted by Gasteiger charge is -2.26. The molecule has 1 heterocycles. The zero-order valence-electron chi connectivity index (χ0n) is 16.4. The van der Waals surface area contributed by atoms with Crippen LogP contribution < -0.4 is 11.1 Å². The Balaban J connectivity index is 0.00000625. The zero-order valence-corrected chi connectivity index (χ0v) is 18.7. The molecule has 1 unspecified atom stereocenters. The number of aliphatic imine (C=N–C) groups is 1. The van der Waals surface area contributed by atoms with E-state index < -0.39 is 5.60 Å². The van der Waals surface area contributed by atoms with Gasteiger partial charge in [-0.2, -0.15) is 0 Å². The van der Waals surface area contributed by atoms with Gasteiger partial charge in [0, 0.05) is 45.0 Å². The van der Waals surface area contributed by atoms with E-state index in [1.165, 1.54) is 0 Å². The summed E-state index contributed by atoms with van der Waals surface area (Å²) in [7, 11) is 1.72. The highest BCUT2D eigenvalue weighted by Gasteiger charge is 2.20. The Morgan fingerprint density at radius 3 is 2.69 bits per heavy atom. The summed E-state index contributed by atoms with van der Waals surface area (Å²) in [6, 6.07) is 5.83. The Kier molecular flexibility index (Phi) is 11.2. The first-order chi connectivity index (χ1) is 11.7. The summed E-state index contributed by atoms with van der Waals surface area (Å²) in [5.74, 6) is 0.580. The van der Waals surface area contributed by atoms with E-state index in [0.29, 0.717) is 25.6 Å². The van der Waals surface area contributed by atoms with Crippen molar-refractivity contribution in [3.8, 4) is 0 Å². The largest absolute Gasteiger partial charge is 0.444 e. The lowest BCUT2D eigenvalue weighted by Crippen LogP contribution is -2.37. The van der Waals surface area contributed by atoms with Crippen molar-refractivity contribution in [2.75, 3.05) is 26.7 Å². The van der Waals surface area contributed by atoms with E-state index >= 15 is 0 Å². The van der Waals surface area contributed by atoms with E-state index in [2.05, 4.69) is 15.3 Å². The van der Waals surface area contributed by atoms with Crippen LogP contribution in [0.1, 0.15) is 33.4 Å². The zero-order chi connectivity index (χ0) is 18.9. The Hall–Kier alpha value is -1.58.